The molecule has 0 aliphatic carbocycles. The van der Waals surface area contributed by atoms with E-state index in [1.54, 1.807) is 4.90 Å². The van der Waals surface area contributed by atoms with Crippen LogP contribution in [0.25, 0.3) is 0 Å². The SMILES string of the molecule is CC1CN(C(=O)c2ccc(F)c(F)c2)CCN1Cc1ccccc1. The Labute approximate surface area is 140 Å². The molecule has 0 spiro atoms. The molecule has 1 aliphatic rings. The van der Waals surface area contributed by atoms with E-state index >= 15 is 0 Å². The van der Waals surface area contributed by atoms with Gasteiger partial charge in [0, 0.05) is 37.8 Å². The van der Waals surface area contributed by atoms with Gasteiger partial charge in [-0.15, -0.1) is 0 Å². The Hall–Kier alpha value is -2.27. The number of nitrogens with zero attached hydrogens (tertiary/aromatic N) is 2. The van der Waals surface area contributed by atoms with E-state index in [0.29, 0.717) is 13.1 Å². The predicted octanol–water partition coefficient (Wildman–Crippen LogP) is 3.31. The maximum atomic E-state index is 13.3. The molecule has 2 aromatic carbocycles. The molecule has 0 radical (unpaired) electrons. The van der Waals surface area contributed by atoms with Crippen molar-refractivity contribution in [3.05, 3.63) is 71.3 Å². The highest BCUT2D eigenvalue weighted by Gasteiger charge is 2.27. The third-order valence-electron chi connectivity index (χ3n) is 4.45. The Bertz CT molecular complexity index is 721. The second-order valence-electron chi connectivity index (χ2n) is 6.19. The van der Waals surface area contributed by atoms with Gasteiger partial charge in [0.25, 0.3) is 5.91 Å². The van der Waals surface area contributed by atoms with Crippen LogP contribution < -0.4 is 0 Å². The first-order valence-electron chi connectivity index (χ1n) is 8.07. The van der Waals surface area contributed by atoms with Crippen LogP contribution in [0.4, 0.5) is 8.78 Å². The summed E-state index contributed by atoms with van der Waals surface area (Å²) in [7, 11) is 0. The third kappa shape index (κ3) is 3.62. The zero-order valence-electron chi connectivity index (χ0n) is 13.6. The van der Waals surface area contributed by atoms with Crippen molar-refractivity contribution in [2.45, 2.75) is 19.5 Å². The number of carbonyl (C=O) groups is 1. The molecule has 1 heterocycles. The zero-order chi connectivity index (χ0) is 17.1. The zero-order valence-corrected chi connectivity index (χ0v) is 13.6. The van der Waals surface area contributed by atoms with Crippen molar-refractivity contribution in [1.82, 2.24) is 9.80 Å². The number of hydrogen-bond donors (Lipinski definition) is 0. The largest absolute Gasteiger partial charge is 0.336 e. The summed E-state index contributed by atoms with van der Waals surface area (Å²) in [5.74, 6) is -2.18. The van der Waals surface area contributed by atoms with Gasteiger partial charge in [0.2, 0.25) is 0 Å². The maximum Gasteiger partial charge on any atom is 0.254 e. The van der Waals surface area contributed by atoms with Crippen molar-refractivity contribution < 1.29 is 13.6 Å². The molecule has 2 aromatic rings. The summed E-state index contributed by atoms with van der Waals surface area (Å²) >= 11 is 0. The minimum Gasteiger partial charge on any atom is -0.336 e. The molecule has 1 amide bonds. The summed E-state index contributed by atoms with van der Waals surface area (Å²) in [6, 6.07) is 13.7. The van der Waals surface area contributed by atoms with Crippen LogP contribution in [0.2, 0.25) is 0 Å². The highest BCUT2D eigenvalue weighted by atomic mass is 19.2. The van der Waals surface area contributed by atoms with Crippen molar-refractivity contribution in [1.29, 1.82) is 0 Å². The lowest BCUT2D eigenvalue weighted by Crippen LogP contribution is -2.53. The molecular formula is C19H20F2N2O. The average Bonchev–Trinajstić information content (AvgIpc) is 2.59. The fourth-order valence-electron chi connectivity index (χ4n) is 3.04. The van der Waals surface area contributed by atoms with E-state index in [1.807, 2.05) is 18.2 Å². The average molecular weight is 330 g/mol. The summed E-state index contributed by atoms with van der Waals surface area (Å²) in [6.07, 6.45) is 0. The molecule has 1 unspecified atom stereocenters. The van der Waals surface area contributed by atoms with E-state index in [9.17, 15) is 13.6 Å². The second-order valence-corrected chi connectivity index (χ2v) is 6.19. The topological polar surface area (TPSA) is 23.6 Å². The minimum absolute atomic E-state index is 0.192. The van der Waals surface area contributed by atoms with E-state index in [4.69, 9.17) is 0 Å². The first-order valence-corrected chi connectivity index (χ1v) is 8.07. The van der Waals surface area contributed by atoms with Crippen LogP contribution in [-0.4, -0.2) is 41.4 Å². The van der Waals surface area contributed by atoms with Crippen molar-refractivity contribution in [3.63, 3.8) is 0 Å². The number of benzene rings is 2. The molecule has 3 nitrogen and oxygen atoms in total. The molecule has 1 fully saturated rings. The fraction of sp³-hybridized carbons (Fsp3) is 0.316. The fourth-order valence-corrected chi connectivity index (χ4v) is 3.04. The van der Waals surface area contributed by atoms with Gasteiger partial charge in [0.1, 0.15) is 0 Å². The Kier molecular flexibility index (Phi) is 4.90. The van der Waals surface area contributed by atoms with Crippen LogP contribution in [-0.2, 0) is 6.54 Å². The molecule has 0 saturated carbocycles. The van der Waals surface area contributed by atoms with E-state index in [1.165, 1.54) is 11.6 Å². The molecule has 0 bridgehead atoms. The van der Waals surface area contributed by atoms with Crippen LogP contribution in [0, 0.1) is 11.6 Å². The van der Waals surface area contributed by atoms with Gasteiger partial charge < -0.3 is 4.90 Å². The van der Waals surface area contributed by atoms with Crippen LogP contribution >= 0.6 is 0 Å². The quantitative estimate of drug-likeness (QED) is 0.862. The summed E-state index contributed by atoms with van der Waals surface area (Å²) < 4.78 is 26.4. The molecule has 0 N–H and O–H groups in total. The summed E-state index contributed by atoms with van der Waals surface area (Å²) in [6.45, 7) is 4.83. The third-order valence-corrected chi connectivity index (χ3v) is 4.45. The van der Waals surface area contributed by atoms with Gasteiger partial charge in [-0.05, 0) is 30.7 Å². The Morgan fingerprint density at radius 1 is 1.08 bits per heavy atom. The highest BCUT2D eigenvalue weighted by Crippen LogP contribution is 2.17. The lowest BCUT2D eigenvalue weighted by molar-refractivity contribution is 0.0495. The summed E-state index contributed by atoms with van der Waals surface area (Å²) in [4.78, 5) is 16.5. The normalized spacial score (nSPS) is 18.6. The van der Waals surface area contributed by atoms with Crippen LogP contribution in [0.1, 0.15) is 22.8 Å². The smallest absolute Gasteiger partial charge is 0.254 e. The van der Waals surface area contributed by atoms with E-state index < -0.39 is 11.6 Å². The van der Waals surface area contributed by atoms with Gasteiger partial charge in [-0.25, -0.2) is 8.78 Å². The van der Waals surface area contributed by atoms with Gasteiger partial charge in [0.05, 0.1) is 0 Å². The Morgan fingerprint density at radius 3 is 2.50 bits per heavy atom. The second kappa shape index (κ2) is 7.09. The van der Waals surface area contributed by atoms with E-state index in [-0.39, 0.29) is 17.5 Å². The molecule has 1 aliphatic heterocycles. The first kappa shape index (κ1) is 16.6. The number of halogens is 2. The van der Waals surface area contributed by atoms with Gasteiger partial charge in [0.15, 0.2) is 11.6 Å². The maximum absolute atomic E-state index is 13.3. The number of carbonyl (C=O) groups excluding carboxylic acids is 1. The van der Waals surface area contributed by atoms with Crippen molar-refractivity contribution in [2.24, 2.45) is 0 Å². The lowest BCUT2D eigenvalue weighted by Gasteiger charge is -2.40. The van der Waals surface area contributed by atoms with Crippen LogP contribution in [0.5, 0.6) is 0 Å². The van der Waals surface area contributed by atoms with Gasteiger partial charge >= 0.3 is 0 Å². The van der Waals surface area contributed by atoms with Crippen molar-refractivity contribution in [2.75, 3.05) is 19.6 Å². The van der Waals surface area contributed by atoms with Crippen molar-refractivity contribution >= 4 is 5.91 Å². The molecule has 1 saturated heterocycles. The van der Waals surface area contributed by atoms with E-state index in [2.05, 4.69) is 24.0 Å². The Balaban J connectivity index is 1.64. The number of hydrogen-bond acceptors (Lipinski definition) is 2. The minimum atomic E-state index is -0.989. The number of amides is 1. The number of rotatable bonds is 3. The molecule has 24 heavy (non-hydrogen) atoms. The lowest BCUT2D eigenvalue weighted by atomic mass is 10.1. The van der Waals surface area contributed by atoms with Crippen molar-refractivity contribution in [3.8, 4) is 0 Å². The molecule has 1 atom stereocenters. The summed E-state index contributed by atoms with van der Waals surface area (Å²) in [5.41, 5.74) is 1.43. The standard InChI is InChI=1S/C19H20F2N2O/c1-14-12-23(19(24)16-7-8-17(20)18(21)11-16)10-9-22(14)13-15-5-3-2-4-6-15/h2-8,11,14H,9-10,12-13H2,1H3. The molecule has 3 rings (SSSR count). The molecular weight excluding hydrogens is 310 g/mol. The van der Waals surface area contributed by atoms with Gasteiger partial charge in [-0.2, -0.15) is 0 Å². The monoisotopic (exact) mass is 330 g/mol. The molecule has 5 heteroatoms. The number of piperazine rings is 1. The molecule has 126 valence electrons. The van der Waals surface area contributed by atoms with Crippen LogP contribution in [0.3, 0.4) is 0 Å². The summed E-state index contributed by atoms with van der Waals surface area (Å²) in [5, 5.41) is 0. The first-order chi connectivity index (χ1) is 11.5. The molecule has 0 aromatic heterocycles. The highest BCUT2D eigenvalue weighted by molar-refractivity contribution is 5.94. The Morgan fingerprint density at radius 2 is 1.83 bits per heavy atom. The van der Waals surface area contributed by atoms with Crippen LogP contribution in [0.15, 0.2) is 48.5 Å². The predicted molar refractivity (Wildman–Crippen MR) is 88.6 cm³/mol. The van der Waals surface area contributed by atoms with Gasteiger partial charge in [-0.1, -0.05) is 30.3 Å². The van der Waals surface area contributed by atoms with E-state index in [0.717, 1.165) is 25.2 Å². The van der Waals surface area contributed by atoms with Gasteiger partial charge in [-0.3, -0.25) is 9.69 Å².